The predicted molar refractivity (Wildman–Crippen MR) is 138 cm³/mol. The summed E-state index contributed by atoms with van der Waals surface area (Å²) in [7, 11) is 0. The molecule has 2 heterocycles. The highest BCUT2D eigenvalue weighted by Gasteiger charge is 2.14. The maximum atomic E-state index is 11.9. The van der Waals surface area contributed by atoms with Gasteiger partial charge < -0.3 is 18.9 Å². The third kappa shape index (κ3) is 5.58. The van der Waals surface area contributed by atoms with Crippen LogP contribution in [-0.2, 0) is 14.2 Å². The maximum absolute atomic E-state index is 11.9. The van der Waals surface area contributed by atoms with E-state index in [-0.39, 0.29) is 12.3 Å². The van der Waals surface area contributed by atoms with Crippen molar-refractivity contribution >= 4 is 17.0 Å². The highest BCUT2D eigenvalue weighted by atomic mass is 16.7. The van der Waals surface area contributed by atoms with Crippen LogP contribution in [0.2, 0.25) is 0 Å². The number of rotatable bonds is 9. The Balaban J connectivity index is 1.22. The number of carbonyl (C=O) groups excluding carboxylic acids is 1. The van der Waals surface area contributed by atoms with Crippen molar-refractivity contribution in [2.75, 3.05) is 26.4 Å². The van der Waals surface area contributed by atoms with Gasteiger partial charge in [-0.25, -0.2) is 9.78 Å². The summed E-state index contributed by atoms with van der Waals surface area (Å²) < 4.78 is 24.2. The van der Waals surface area contributed by atoms with E-state index in [9.17, 15) is 4.79 Å². The molecule has 0 N–H and O–H groups in total. The van der Waals surface area contributed by atoms with Crippen LogP contribution in [0.25, 0.3) is 27.8 Å². The van der Waals surface area contributed by atoms with Crippen molar-refractivity contribution in [3.05, 3.63) is 78.6 Å². The molecule has 0 saturated carbocycles. The van der Waals surface area contributed by atoms with Crippen LogP contribution in [0.4, 0.5) is 0 Å². The number of ether oxygens (including phenoxy) is 4. The lowest BCUT2D eigenvalue weighted by atomic mass is 10.0. The fraction of sp³-hybridized carbons (Fsp3) is 0.310. The van der Waals surface area contributed by atoms with Gasteiger partial charge in [0, 0.05) is 12.3 Å². The smallest absolute Gasteiger partial charge is 0.338 e. The van der Waals surface area contributed by atoms with Crippen molar-refractivity contribution in [3.8, 4) is 22.6 Å². The van der Waals surface area contributed by atoms with Crippen molar-refractivity contribution in [2.45, 2.75) is 32.5 Å². The first kappa shape index (κ1) is 24.0. The molecule has 3 aromatic carbocycles. The number of hydrogen-bond donors (Lipinski definition) is 0. The molecule has 0 aliphatic carbocycles. The van der Waals surface area contributed by atoms with Gasteiger partial charge in [0.05, 0.1) is 29.8 Å². The third-order valence-corrected chi connectivity index (χ3v) is 6.19. The molecule has 0 bridgehead atoms. The Morgan fingerprint density at radius 2 is 1.81 bits per heavy atom. The van der Waals surface area contributed by atoms with Crippen LogP contribution >= 0.6 is 0 Å². The minimum atomic E-state index is -0.308. The number of esters is 1. The molecule has 4 aromatic rings. The standard InChI is InChI=1S/C29H30N2O5/c1-2-33-29(32)22-8-6-21(7-9-22)23-10-15-27-26(19-23)30-20-31(27)24-11-13-25(14-12-24)34-17-18-36-28-5-3-4-16-35-28/h6-15,19-20,28H,2-5,16-18H2,1H3. The van der Waals surface area contributed by atoms with Crippen LogP contribution in [0.5, 0.6) is 5.75 Å². The molecule has 1 atom stereocenters. The number of imidazole rings is 1. The normalized spacial score (nSPS) is 15.6. The Hall–Kier alpha value is -3.68. The average Bonchev–Trinajstić information content (AvgIpc) is 3.36. The molecule has 0 spiro atoms. The van der Waals surface area contributed by atoms with E-state index in [0.29, 0.717) is 25.4 Å². The van der Waals surface area contributed by atoms with Gasteiger partial charge in [0.2, 0.25) is 0 Å². The van der Waals surface area contributed by atoms with Crippen LogP contribution in [0.3, 0.4) is 0 Å². The van der Waals surface area contributed by atoms with E-state index in [1.807, 2.05) is 42.7 Å². The summed E-state index contributed by atoms with van der Waals surface area (Å²) in [6.45, 7) is 3.93. The van der Waals surface area contributed by atoms with Crippen LogP contribution < -0.4 is 4.74 Å². The van der Waals surface area contributed by atoms with Gasteiger partial charge >= 0.3 is 5.97 Å². The minimum absolute atomic E-state index is 0.0938. The van der Waals surface area contributed by atoms with Crippen LogP contribution in [0.15, 0.2) is 73.1 Å². The number of fused-ring (bicyclic) bond motifs is 1. The summed E-state index contributed by atoms with van der Waals surface area (Å²) in [5.74, 6) is 0.488. The average molecular weight is 487 g/mol. The summed E-state index contributed by atoms with van der Waals surface area (Å²) in [6, 6.07) is 21.6. The maximum Gasteiger partial charge on any atom is 0.338 e. The molecule has 7 heteroatoms. The second kappa shape index (κ2) is 11.4. The van der Waals surface area contributed by atoms with Crippen molar-refractivity contribution in [1.82, 2.24) is 9.55 Å². The zero-order valence-electron chi connectivity index (χ0n) is 20.4. The zero-order valence-corrected chi connectivity index (χ0v) is 20.4. The van der Waals surface area contributed by atoms with Crippen molar-refractivity contribution in [2.24, 2.45) is 0 Å². The number of carbonyl (C=O) groups is 1. The van der Waals surface area contributed by atoms with Gasteiger partial charge in [-0.2, -0.15) is 0 Å². The van der Waals surface area contributed by atoms with E-state index in [4.69, 9.17) is 18.9 Å². The molecular weight excluding hydrogens is 456 g/mol. The number of hydrogen-bond acceptors (Lipinski definition) is 6. The molecule has 36 heavy (non-hydrogen) atoms. The monoisotopic (exact) mass is 486 g/mol. The van der Waals surface area contributed by atoms with Crippen LogP contribution in [0.1, 0.15) is 36.5 Å². The Morgan fingerprint density at radius 3 is 2.56 bits per heavy atom. The fourth-order valence-corrected chi connectivity index (χ4v) is 4.30. The lowest BCUT2D eigenvalue weighted by molar-refractivity contribution is -0.165. The number of nitrogens with zero attached hydrogens (tertiary/aromatic N) is 2. The second-order valence-electron chi connectivity index (χ2n) is 8.63. The molecule has 1 aliphatic rings. The quantitative estimate of drug-likeness (QED) is 0.220. The molecule has 7 nitrogen and oxygen atoms in total. The molecule has 0 amide bonds. The lowest BCUT2D eigenvalue weighted by Crippen LogP contribution is -2.24. The van der Waals surface area contributed by atoms with E-state index >= 15 is 0 Å². The van der Waals surface area contributed by atoms with Gasteiger partial charge in [0.1, 0.15) is 18.7 Å². The Morgan fingerprint density at radius 1 is 1.00 bits per heavy atom. The van der Waals surface area contributed by atoms with E-state index in [1.54, 1.807) is 19.1 Å². The number of benzene rings is 3. The molecule has 5 rings (SSSR count). The highest BCUT2D eigenvalue weighted by molar-refractivity contribution is 5.90. The van der Waals surface area contributed by atoms with Gasteiger partial charge in [-0.15, -0.1) is 0 Å². The Bertz CT molecular complexity index is 1290. The van der Waals surface area contributed by atoms with E-state index in [0.717, 1.165) is 59.5 Å². The van der Waals surface area contributed by atoms with Gasteiger partial charge in [-0.1, -0.05) is 18.2 Å². The van der Waals surface area contributed by atoms with E-state index in [2.05, 4.69) is 27.8 Å². The van der Waals surface area contributed by atoms with E-state index < -0.39 is 0 Å². The van der Waals surface area contributed by atoms with Crippen molar-refractivity contribution in [3.63, 3.8) is 0 Å². The summed E-state index contributed by atoms with van der Waals surface area (Å²) in [5, 5.41) is 0. The summed E-state index contributed by atoms with van der Waals surface area (Å²) in [5.41, 5.74) is 5.50. The molecule has 1 saturated heterocycles. The van der Waals surface area contributed by atoms with Crippen LogP contribution in [0, 0.1) is 0 Å². The first-order chi connectivity index (χ1) is 17.7. The highest BCUT2D eigenvalue weighted by Crippen LogP contribution is 2.27. The topological polar surface area (TPSA) is 71.8 Å². The summed E-state index contributed by atoms with van der Waals surface area (Å²) in [4.78, 5) is 16.5. The van der Waals surface area contributed by atoms with Gasteiger partial charge in [-0.05, 0) is 85.8 Å². The lowest BCUT2D eigenvalue weighted by Gasteiger charge is -2.22. The molecule has 0 radical (unpaired) electrons. The predicted octanol–water partition coefficient (Wildman–Crippen LogP) is 5.79. The summed E-state index contributed by atoms with van der Waals surface area (Å²) >= 11 is 0. The minimum Gasteiger partial charge on any atom is -0.491 e. The largest absolute Gasteiger partial charge is 0.491 e. The van der Waals surface area contributed by atoms with Gasteiger partial charge in [-0.3, -0.25) is 4.57 Å². The fourth-order valence-electron chi connectivity index (χ4n) is 4.30. The molecule has 1 aromatic heterocycles. The third-order valence-electron chi connectivity index (χ3n) is 6.19. The number of aromatic nitrogens is 2. The summed E-state index contributed by atoms with van der Waals surface area (Å²) in [6.07, 6.45) is 4.95. The molecule has 1 fully saturated rings. The Labute approximate surface area is 210 Å². The van der Waals surface area contributed by atoms with Gasteiger partial charge in [0.25, 0.3) is 0 Å². The van der Waals surface area contributed by atoms with Crippen LogP contribution in [-0.4, -0.2) is 48.2 Å². The molecule has 1 aliphatic heterocycles. The first-order valence-corrected chi connectivity index (χ1v) is 12.4. The second-order valence-corrected chi connectivity index (χ2v) is 8.63. The first-order valence-electron chi connectivity index (χ1n) is 12.4. The molecule has 1 unspecified atom stereocenters. The van der Waals surface area contributed by atoms with Gasteiger partial charge in [0.15, 0.2) is 6.29 Å². The molecular formula is C29H30N2O5. The molecule has 186 valence electrons. The Kier molecular flexibility index (Phi) is 7.59. The van der Waals surface area contributed by atoms with E-state index in [1.165, 1.54) is 0 Å². The van der Waals surface area contributed by atoms with Crippen molar-refractivity contribution in [1.29, 1.82) is 0 Å². The SMILES string of the molecule is CCOC(=O)c1ccc(-c2ccc3c(c2)ncn3-c2ccc(OCCOC3CCCCO3)cc2)cc1. The van der Waals surface area contributed by atoms with Crippen molar-refractivity contribution < 1.29 is 23.7 Å². The zero-order chi connectivity index (χ0) is 24.7.